The molecule has 0 saturated heterocycles. The van der Waals surface area contributed by atoms with Crippen molar-refractivity contribution < 1.29 is 14.7 Å². The van der Waals surface area contributed by atoms with Crippen LogP contribution in [0.15, 0.2) is 5.38 Å². The lowest BCUT2D eigenvalue weighted by atomic mass is 9.87. The number of rotatable bonds is 5. The Labute approximate surface area is 122 Å². The maximum atomic E-state index is 11.7. The second kappa shape index (κ2) is 6.69. The molecule has 0 aliphatic carbocycles. The van der Waals surface area contributed by atoms with Gasteiger partial charge < -0.3 is 15.7 Å². The fourth-order valence-electron chi connectivity index (χ4n) is 1.66. The Balaban J connectivity index is 2.41. The van der Waals surface area contributed by atoms with Gasteiger partial charge in [0.25, 0.3) is 0 Å². The zero-order chi connectivity index (χ0) is 15.3. The van der Waals surface area contributed by atoms with Crippen LogP contribution < -0.4 is 10.6 Å². The first-order valence-electron chi connectivity index (χ1n) is 6.38. The lowest BCUT2D eigenvalue weighted by Crippen LogP contribution is -2.52. The minimum Gasteiger partial charge on any atom is -0.480 e. The van der Waals surface area contributed by atoms with Crippen molar-refractivity contribution in [3.8, 4) is 0 Å². The number of carbonyl (C=O) groups is 2. The molecule has 0 aliphatic rings. The standard InChI is InChI=1S/C13H21N3O3S/c1-8-15-9(7-20-8)5-6-14-12(19)16-10(11(17)18)13(2,3)4/h7,10H,5-6H2,1-4H3,(H,17,18)(H2,14,16,19). The number of nitrogens with one attached hydrogen (secondary N) is 2. The topological polar surface area (TPSA) is 91.3 Å². The Kier molecular flexibility index (Phi) is 5.50. The highest BCUT2D eigenvalue weighted by Gasteiger charge is 2.32. The van der Waals surface area contributed by atoms with Crippen LogP contribution in [-0.4, -0.2) is 34.7 Å². The molecule has 0 aromatic carbocycles. The number of hydrogen-bond acceptors (Lipinski definition) is 4. The summed E-state index contributed by atoms with van der Waals surface area (Å²) >= 11 is 1.56. The summed E-state index contributed by atoms with van der Waals surface area (Å²) < 4.78 is 0. The lowest BCUT2D eigenvalue weighted by Gasteiger charge is -2.27. The van der Waals surface area contributed by atoms with E-state index in [4.69, 9.17) is 5.11 Å². The van der Waals surface area contributed by atoms with E-state index in [1.54, 1.807) is 32.1 Å². The summed E-state index contributed by atoms with van der Waals surface area (Å²) in [4.78, 5) is 27.1. The molecule has 1 rings (SSSR count). The third-order valence-corrected chi connectivity index (χ3v) is 3.54. The molecule has 6 nitrogen and oxygen atoms in total. The van der Waals surface area contributed by atoms with E-state index in [0.29, 0.717) is 13.0 Å². The third kappa shape index (κ3) is 5.16. The number of aliphatic carboxylic acids is 1. The minimum atomic E-state index is -1.04. The van der Waals surface area contributed by atoms with Gasteiger partial charge >= 0.3 is 12.0 Å². The molecule has 1 atom stereocenters. The molecule has 0 radical (unpaired) electrons. The van der Waals surface area contributed by atoms with Gasteiger partial charge in [-0.2, -0.15) is 0 Å². The van der Waals surface area contributed by atoms with Gasteiger partial charge in [0.15, 0.2) is 0 Å². The van der Waals surface area contributed by atoms with Crippen molar-refractivity contribution in [3.05, 3.63) is 16.1 Å². The highest BCUT2D eigenvalue weighted by molar-refractivity contribution is 7.09. The number of carbonyl (C=O) groups excluding carboxylic acids is 1. The van der Waals surface area contributed by atoms with Crippen LogP contribution >= 0.6 is 11.3 Å². The second-order valence-electron chi connectivity index (χ2n) is 5.65. The first-order valence-corrected chi connectivity index (χ1v) is 7.26. The van der Waals surface area contributed by atoms with Gasteiger partial charge in [-0.1, -0.05) is 20.8 Å². The van der Waals surface area contributed by atoms with Gasteiger partial charge in [0, 0.05) is 18.3 Å². The van der Waals surface area contributed by atoms with Crippen molar-refractivity contribution in [2.75, 3.05) is 6.54 Å². The van der Waals surface area contributed by atoms with Gasteiger partial charge in [-0.3, -0.25) is 0 Å². The highest BCUT2D eigenvalue weighted by atomic mass is 32.1. The Hall–Kier alpha value is -1.63. The van der Waals surface area contributed by atoms with E-state index in [-0.39, 0.29) is 0 Å². The summed E-state index contributed by atoms with van der Waals surface area (Å²) in [6.45, 7) is 7.65. The van der Waals surface area contributed by atoms with Gasteiger partial charge in [0.2, 0.25) is 0 Å². The molecule has 2 amide bonds. The zero-order valence-electron chi connectivity index (χ0n) is 12.2. The Morgan fingerprint density at radius 3 is 2.55 bits per heavy atom. The summed E-state index contributed by atoms with van der Waals surface area (Å²) in [5, 5.41) is 17.2. The van der Waals surface area contributed by atoms with Gasteiger partial charge in [0.1, 0.15) is 6.04 Å². The predicted octanol–water partition coefficient (Wildman–Crippen LogP) is 1.79. The number of aromatic nitrogens is 1. The molecule has 7 heteroatoms. The fraction of sp³-hybridized carbons (Fsp3) is 0.615. The van der Waals surface area contributed by atoms with Crippen molar-refractivity contribution >= 4 is 23.3 Å². The van der Waals surface area contributed by atoms with Crippen LogP contribution in [0.3, 0.4) is 0 Å². The number of urea groups is 1. The molecule has 112 valence electrons. The Morgan fingerprint density at radius 1 is 1.45 bits per heavy atom. The van der Waals surface area contributed by atoms with E-state index in [1.165, 1.54) is 0 Å². The van der Waals surface area contributed by atoms with E-state index >= 15 is 0 Å². The number of carboxylic acid groups (broad SMARTS) is 1. The van der Waals surface area contributed by atoms with Gasteiger partial charge in [0.05, 0.1) is 10.7 Å². The molecule has 1 unspecified atom stereocenters. The summed E-state index contributed by atoms with van der Waals surface area (Å²) in [6.07, 6.45) is 0.630. The molecule has 0 fully saturated rings. The molecule has 0 saturated carbocycles. The Morgan fingerprint density at radius 2 is 2.10 bits per heavy atom. The quantitative estimate of drug-likeness (QED) is 0.773. The molecule has 0 aliphatic heterocycles. The van der Waals surface area contributed by atoms with Crippen LogP contribution in [-0.2, 0) is 11.2 Å². The number of nitrogens with zero attached hydrogens (tertiary/aromatic N) is 1. The second-order valence-corrected chi connectivity index (χ2v) is 6.71. The van der Waals surface area contributed by atoms with Crippen molar-refractivity contribution in [1.29, 1.82) is 0 Å². The van der Waals surface area contributed by atoms with E-state index in [9.17, 15) is 9.59 Å². The maximum Gasteiger partial charge on any atom is 0.326 e. The van der Waals surface area contributed by atoms with Crippen molar-refractivity contribution in [2.24, 2.45) is 5.41 Å². The first kappa shape index (κ1) is 16.4. The number of aryl methyl sites for hydroxylation is 1. The van der Waals surface area contributed by atoms with Gasteiger partial charge in [-0.25, -0.2) is 14.6 Å². The third-order valence-electron chi connectivity index (χ3n) is 2.72. The van der Waals surface area contributed by atoms with E-state index in [0.717, 1.165) is 10.7 Å². The SMILES string of the molecule is Cc1nc(CCNC(=O)NC(C(=O)O)C(C)(C)C)cs1. The molecule has 1 aromatic heterocycles. The van der Waals surface area contributed by atoms with E-state index < -0.39 is 23.5 Å². The number of hydrogen-bond donors (Lipinski definition) is 3. The highest BCUT2D eigenvalue weighted by Crippen LogP contribution is 2.19. The number of amides is 2. The van der Waals surface area contributed by atoms with Crippen molar-refractivity contribution in [3.63, 3.8) is 0 Å². The van der Waals surface area contributed by atoms with Crippen LogP contribution in [0.4, 0.5) is 4.79 Å². The van der Waals surface area contributed by atoms with Crippen LogP contribution in [0.25, 0.3) is 0 Å². The molecular formula is C13H21N3O3S. The van der Waals surface area contributed by atoms with Crippen molar-refractivity contribution in [2.45, 2.75) is 40.2 Å². The summed E-state index contributed by atoms with van der Waals surface area (Å²) in [5.41, 5.74) is 0.383. The first-order chi connectivity index (χ1) is 9.20. The average molecular weight is 299 g/mol. The fourth-order valence-corrected chi connectivity index (χ4v) is 2.31. The zero-order valence-corrected chi connectivity index (χ0v) is 13.0. The smallest absolute Gasteiger partial charge is 0.326 e. The number of carboxylic acids is 1. The molecule has 1 heterocycles. The van der Waals surface area contributed by atoms with Crippen LogP contribution in [0, 0.1) is 12.3 Å². The molecule has 1 aromatic rings. The average Bonchev–Trinajstić information content (AvgIpc) is 2.70. The largest absolute Gasteiger partial charge is 0.480 e. The Bertz CT molecular complexity index is 479. The van der Waals surface area contributed by atoms with Crippen LogP contribution in [0.2, 0.25) is 0 Å². The molecule has 3 N–H and O–H groups in total. The van der Waals surface area contributed by atoms with E-state index in [1.807, 2.05) is 12.3 Å². The summed E-state index contributed by atoms with van der Waals surface area (Å²) in [7, 11) is 0. The molecule has 0 bridgehead atoms. The van der Waals surface area contributed by atoms with Crippen LogP contribution in [0.5, 0.6) is 0 Å². The molecular weight excluding hydrogens is 278 g/mol. The summed E-state index contributed by atoms with van der Waals surface area (Å²) in [6, 6.07) is -1.40. The van der Waals surface area contributed by atoms with Crippen molar-refractivity contribution in [1.82, 2.24) is 15.6 Å². The monoisotopic (exact) mass is 299 g/mol. The normalized spacial score (nSPS) is 12.8. The summed E-state index contributed by atoms with van der Waals surface area (Å²) in [5.74, 6) is -1.04. The molecule has 20 heavy (non-hydrogen) atoms. The van der Waals surface area contributed by atoms with Crippen LogP contribution in [0.1, 0.15) is 31.5 Å². The minimum absolute atomic E-state index is 0.422. The maximum absolute atomic E-state index is 11.7. The molecule has 0 spiro atoms. The van der Waals surface area contributed by atoms with Gasteiger partial charge in [-0.05, 0) is 12.3 Å². The van der Waals surface area contributed by atoms with Gasteiger partial charge in [-0.15, -0.1) is 11.3 Å². The lowest BCUT2D eigenvalue weighted by molar-refractivity contribution is -0.141. The van der Waals surface area contributed by atoms with E-state index in [2.05, 4.69) is 15.6 Å². The predicted molar refractivity (Wildman–Crippen MR) is 78.0 cm³/mol. The number of thiazole rings is 1.